The van der Waals surface area contributed by atoms with Crippen molar-refractivity contribution in [3.63, 3.8) is 0 Å². The van der Waals surface area contributed by atoms with E-state index in [1.54, 1.807) is 41.0 Å². The van der Waals surface area contributed by atoms with Gasteiger partial charge in [0.1, 0.15) is 46.3 Å². The lowest BCUT2D eigenvalue weighted by atomic mass is 9.99. The van der Waals surface area contributed by atoms with E-state index < -0.39 is 24.1 Å². The lowest BCUT2D eigenvalue weighted by molar-refractivity contribution is -0.137. The molecule has 20 heteroatoms. The second-order valence-electron chi connectivity index (χ2n) is 18.8. The van der Waals surface area contributed by atoms with E-state index in [0.717, 1.165) is 70.8 Å². The zero-order valence-corrected chi connectivity index (χ0v) is 44.5. The molecule has 0 aromatic heterocycles. The Balaban J connectivity index is 0.000000287. The molecule has 76 heavy (non-hydrogen) atoms. The van der Waals surface area contributed by atoms with Crippen molar-refractivity contribution in [3.05, 3.63) is 95.1 Å². The Labute approximate surface area is 446 Å². The zero-order chi connectivity index (χ0) is 54.7. The van der Waals surface area contributed by atoms with Gasteiger partial charge in [0.15, 0.2) is 26.8 Å². The predicted octanol–water partition coefficient (Wildman–Crippen LogP) is 6.94. The Morgan fingerprint density at radius 3 is 1.61 bits per heavy atom. The molecule has 0 spiro atoms. The van der Waals surface area contributed by atoms with Crippen LogP contribution < -0.4 is 20.9 Å². The zero-order valence-electron chi connectivity index (χ0n) is 44.5. The summed E-state index contributed by atoms with van der Waals surface area (Å²) >= 11 is 0. The lowest BCUT2D eigenvalue weighted by Crippen LogP contribution is -2.37. The molecule has 2 saturated heterocycles. The number of fused-ring (bicyclic) bond motifs is 2. The molecular weight excluding hydrogens is 981 g/mol. The number of nitrogens with two attached hydrogens (primary N) is 2. The van der Waals surface area contributed by atoms with Gasteiger partial charge < -0.3 is 69.6 Å². The minimum absolute atomic E-state index is 0.0223. The summed E-state index contributed by atoms with van der Waals surface area (Å²) < 4.78 is 33.7. The van der Waals surface area contributed by atoms with Crippen molar-refractivity contribution in [1.82, 2.24) is 9.80 Å². The third-order valence-corrected chi connectivity index (χ3v) is 12.4. The van der Waals surface area contributed by atoms with Crippen LogP contribution in [0.5, 0.6) is 23.0 Å². The summed E-state index contributed by atoms with van der Waals surface area (Å²) in [6.07, 6.45) is 22.4. The number of hydrogen-bond acceptors (Lipinski definition) is 18. The maximum Gasteiger partial charge on any atom is 0.342 e. The molecule has 0 aliphatic carbocycles. The number of hydrogen-bond donors (Lipinski definition) is 4. The first kappa shape index (κ1) is 60.1. The van der Waals surface area contributed by atoms with Crippen LogP contribution in [0.3, 0.4) is 0 Å². The fourth-order valence-corrected chi connectivity index (χ4v) is 8.43. The molecule has 2 amide bonds. The van der Waals surface area contributed by atoms with Crippen LogP contribution in [0.15, 0.2) is 83.2 Å². The number of cyclic esters (lactones) is 2. The number of allylic oxidation sites excluding steroid dienone is 2. The van der Waals surface area contributed by atoms with E-state index >= 15 is 0 Å². The van der Waals surface area contributed by atoms with Gasteiger partial charge >= 0.3 is 11.9 Å². The van der Waals surface area contributed by atoms with Crippen molar-refractivity contribution >= 4 is 35.2 Å². The molecular formula is C56H78N6O14. The van der Waals surface area contributed by atoms with Crippen molar-refractivity contribution in [2.45, 2.75) is 129 Å². The Morgan fingerprint density at radius 1 is 0.632 bits per heavy atom. The van der Waals surface area contributed by atoms with Gasteiger partial charge in [-0.2, -0.15) is 0 Å². The number of rotatable bonds is 14. The van der Waals surface area contributed by atoms with E-state index in [1.165, 1.54) is 6.07 Å². The van der Waals surface area contributed by atoms with Crippen LogP contribution in [0.4, 0.5) is 0 Å². The molecule has 4 aliphatic rings. The number of likely N-dealkylation sites (tertiary alicyclic amines) is 2. The maximum absolute atomic E-state index is 13.6. The van der Waals surface area contributed by atoms with Gasteiger partial charge in [-0.05, 0) is 114 Å². The Morgan fingerprint density at radius 2 is 1.11 bits per heavy atom. The van der Waals surface area contributed by atoms with Gasteiger partial charge in [0, 0.05) is 89.3 Å². The second kappa shape index (κ2) is 32.6. The van der Waals surface area contributed by atoms with Crippen molar-refractivity contribution in [2.24, 2.45) is 21.8 Å². The van der Waals surface area contributed by atoms with Crippen LogP contribution in [0.1, 0.15) is 124 Å². The fraction of sp³-hybridized carbons (Fsp3) is 0.536. The maximum atomic E-state index is 13.6. The van der Waals surface area contributed by atoms with Gasteiger partial charge in [-0.1, -0.05) is 46.8 Å². The molecule has 20 nitrogen and oxygen atoms in total. The van der Waals surface area contributed by atoms with E-state index in [0.29, 0.717) is 67.2 Å². The molecule has 6 rings (SSSR count). The third-order valence-electron chi connectivity index (χ3n) is 12.4. The van der Waals surface area contributed by atoms with Gasteiger partial charge in [-0.25, -0.2) is 9.59 Å². The highest BCUT2D eigenvalue weighted by atomic mass is 16.7. The van der Waals surface area contributed by atoms with Crippen LogP contribution in [0.2, 0.25) is 0 Å². The highest BCUT2D eigenvalue weighted by Crippen LogP contribution is 2.33. The van der Waals surface area contributed by atoms with Gasteiger partial charge in [0.25, 0.3) is 11.8 Å². The SMILES string of the molecule is CCOCOc1cc2c(c(OCOCC)c1)C(=O)O[C@H](C)C/C=C/[C@@H](N)C/C=C/C(=NOCC(=O)N1CCCCC1)C2.C[C@@H]1C/C=C/[C@@H](N)C/C=C/C(=NOCC(=O)N2CCCCC2)Cc2cc(O)cc(O)c2C(=O)O1. The summed E-state index contributed by atoms with van der Waals surface area (Å²) in [7, 11) is 0. The average Bonchev–Trinajstić information content (AvgIpc) is 3.39. The Bertz CT molecular complexity index is 2390. The van der Waals surface area contributed by atoms with E-state index in [1.807, 2.05) is 57.2 Å². The summed E-state index contributed by atoms with van der Waals surface area (Å²) in [5.41, 5.74) is 14.3. The van der Waals surface area contributed by atoms with Crippen LogP contribution in [-0.2, 0) is 51.1 Å². The summed E-state index contributed by atoms with van der Waals surface area (Å²) in [5.74, 6) is -1.40. The van der Waals surface area contributed by atoms with Crippen LogP contribution in [0.25, 0.3) is 0 Å². The van der Waals surface area contributed by atoms with E-state index in [4.69, 9.17) is 49.6 Å². The van der Waals surface area contributed by atoms with Crippen LogP contribution >= 0.6 is 0 Å². The number of amides is 2. The first-order chi connectivity index (χ1) is 36.7. The van der Waals surface area contributed by atoms with Crippen LogP contribution in [0, 0.1) is 0 Å². The minimum atomic E-state index is -0.709. The first-order valence-electron chi connectivity index (χ1n) is 26.4. The molecule has 2 fully saturated rings. The summed E-state index contributed by atoms with van der Waals surface area (Å²) in [6.45, 7) is 10.7. The number of benzene rings is 2. The smallest absolute Gasteiger partial charge is 0.342 e. The lowest BCUT2D eigenvalue weighted by Gasteiger charge is -2.26. The standard InChI is InChI=1S/C31H45N3O8.C25H33N3O6/c1-4-37-21-39-27-18-24-17-26(33-41-20-29(35)34-15-7-6-8-16-34)14-10-13-25(32)12-9-11-23(3)42-31(36)30(24)28(19-27)40-22-38-5-2;1-17-7-5-8-19(26)9-6-10-20(27-33-16-23(31)28-11-3-2-4-12-28)13-18-14-21(29)15-22(30)24(18)25(32)34-17/h9-10,12,14,18-19,23,25H,4-8,11,13,15-17,20-22,32H2,1-3H3;5-6,8,10,14-15,17,19,29-30H,2-4,7,9,11-13,16,26H2,1H3/b12-9+,14-10+,33-26?;8-5+,10-6+,27-20?/t23-,25-;17-,19-/m11/s1. The average molecular weight is 1060 g/mol. The van der Waals surface area contributed by atoms with Gasteiger partial charge in [0.2, 0.25) is 0 Å². The predicted molar refractivity (Wildman–Crippen MR) is 286 cm³/mol. The van der Waals surface area contributed by atoms with E-state index in [9.17, 15) is 29.4 Å². The summed E-state index contributed by atoms with van der Waals surface area (Å²) in [5, 5.41) is 28.8. The molecule has 416 valence electrons. The number of phenolic OH excluding ortho intramolecular Hbond substituents is 2. The number of ether oxygens (including phenoxy) is 6. The molecule has 2 aromatic carbocycles. The molecule has 4 heterocycles. The third kappa shape index (κ3) is 20.8. The van der Waals surface area contributed by atoms with Crippen molar-refractivity contribution in [3.8, 4) is 23.0 Å². The van der Waals surface area contributed by atoms with Crippen molar-refractivity contribution < 1.29 is 67.5 Å². The second-order valence-corrected chi connectivity index (χ2v) is 18.8. The summed E-state index contributed by atoms with van der Waals surface area (Å²) in [4.78, 5) is 65.9. The first-order valence-corrected chi connectivity index (χ1v) is 26.4. The normalized spacial score (nSPS) is 23.6. The quantitative estimate of drug-likeness (QED) is 0.0491. The highest BCUT2D eigenvalue weighted by Gasteiger charge is 2.26. The number of carbonyl (C=O) groups excluding carboxylic acids is 4. The number of oxime groups is 2. The molecule has 4 atom stereocenters. The number of nitrogens with zero attached hydrogens (tertiary/aromatic N) is 4. The molecule has 6 N–H and O–H groups in total. The summed E-state index contributed by atoms with van der Waals surface area (Å²) in [6, 6.07) is 5.36. The van der Waals surface area contributed by atoms with Crippen molar-refractivity contribution in [1.29, 1.82) is 0 Å². The fourth-order valence-electron chi connectivity index (χ4n) is 8.43. The molecule has 4 aliphatic heterocycles. The highest BCUT2D eigenvalue weighted by molar-refractivity contribution is 6.01. The van der Waals surface area contributed by atoms with Gasteiger partial charge in [-0.3, -0.25) is 9.59 Å². The topological polar surface area (TPSA) is 266 Å². The molecule has 0 saturated carbocycles. The monoisotopic (exact) mass is 1060 g/mol. The van der Waals surface area contributed by atoms with Gasteiger partial charge in [-0.15, -0.1) is 0 Å². The van der Waals surface area contributed by atoms with Crippen molar-refractivity contribution in [2.75, 3.05) is 66.2 Å². The van der Waals surface area contributed by atoms with Gasteiger partial charge in [0.05, 0.1) is 11.4 Å². The van der Waals surface area contributed by atoms with E-state index in [-0.39, 0.29) is 91.9 Å². The molecule has 0 radical (unpaired) electrons. The number of piperidine rings is 2. The number of aromatic hydroxyl groups is 2. The van der Waals surface area contributed by atoms with E-state index in [2.05, 4.69) is 10.3 Å². The molecule has 0 bridgehead atoms. The Kier molecular flexibility index (Phi) is 25.8. The number of phenols is 2. The molecule has 0 unspecified atom stereocenters. The minimum Gasteiger partial charge on any atom is -0.508 e. The Hall–Kier alpha value is -6.74. The van der Waals surface area contributed by atoms with Crippen LogP contribution in [-0.4, -0.2) is 146 Å². The number of esters is 2. The molecule has 2 aromatic rings. The largest absolute Gasteiger partial charge is 0.508 e. The number of carbonyl (C=O) groups is 4.